The molecular formula is C24H20N2O3. The molecule has 0 saturated heterocycles. The average molecular weight is 384 g/mol. The summed E-state index contributed by atoms with van der Waals surface area (Å²) < 4.78 is 12.1. The summed E-state index contributed by atoms with van der Waals surface area (Å²) in [7, 11) is 3.26. The van der Waals surface area contributed by atoms with Gasteiger partial charge in [-0.2, -0.15) is 0 Å². The molecule has 0 atom stereocenters. The molecule has 0 aliphatic carbocycles. The van der Waals surface area contributed by atoms with Crippen molar-refractivity contribution < 1.29 is 14.3 Å². The van der Waals surface area contributed by atoms with Crippen molar-refractivity contribution in [3.05, 3.63) is 90.8 Å². The molecule has 0 aliphatic rings. The third-order valence-corrected chi connectivity index (χ3v) is 4.73. The van der Waals surface area contributed by atoms with Crippen LogP contribution in [0.5, 0.6) is 11.5 Å². The molecule has 0 N–H and O–H groups in total. The minimum absolute atomic E-state index is 0.135. The van der Waals surface area contributed by atoms with Crippen LogP contribution >= 0.6 is 0 Å². The number of carbonyl (C=O) groups is 1. The summed E-state index contributed by atoms with van der Waals surface area (Å²) in [5.74, 6) is 1.38. The van der Waals surface area contributed by atoms with E-state index in [1.54, 1.807) is 37.2 Å². The molecule has 0 fully saturated rings. The summed E-state index contributed by atoms with van der Waals surface area (Å²) in [5, 5.41) is 0. The Balaban J connectivity index is 1.87. The lowest BCUT2D eigenvalue weighted by molar-refractivity contribution is 0.0961. The summed E-state index contributed by atoms with van der Waals surface area (Å²) in [4.78, 5) is 17.8. The van der Waals surface area contributed by atoms with Crippen LogP contribution in [-0.2, 0) is 0 Å². The van der Waals surface area contributed by atoms with Gasteiger partial charge in [-0.3, -0.25) is 9.36 Å². The summed E-state index contributed by atoms with van der Waals surface area (Å²) in [6.07, 6.45) is 1.58. The van der Waals surface area contributed by atoms with Gasteiger partial charge in [-0.15, -0.1) is 0 Å². The van der Waals surface area contributed by atoms with Crippen LogP contribution in [0.3, 0.4) is 0 Å². The number of aromatic nitrogens is 2. The maximum absolute atomic E-state index is 13.2. The second-order valence-corrected chi connectivity index (χ2v) is 6.44. The molecule has 0 saturated carbocycles. The van der Waals surface area contributed by atoms with Crippen LogP contribution in [0.4, 0.5) is 0 Å². The molecule has 0 radical (unpaired) electrons. The topological polar surface area (TPSA) is 53.4 Å². The van der Waals surface area contributed by atoms with E-state index in [9.17, 15) is 4.79 Å². The number of nitrogens with zero attached hydrogens (tertiary/aromatic N) is 2. The lowest BCUT2D eigenvalue weighted by atomic mass is 10.0. The Bertz CT molecular complexity index is 1120. The number of methoxy groups -OCH3 is 2. The Morgan fingerprint density at radius 1 is 0.759 bits per heavy atom. The number of ether oxygens (including phenoxy) is 2. The van der Waals surface area contributed by atoms with E-state index in [0.29, 0.717) is 5.56 Å². The second kappa shape index (κ2) is 8.02. The van der Waals surface area contributed by atoms with Crippen LogP contribution in [0.2, 0.25) is 0 Å². The second-order valence-electron chi connectivity index (χ2n) is 6.44. The van der Waals surface area contributed by atoms with Gasteiger partial charge >= 0.3 is 0 Å². The van der Waals surface area contributed by atoms with E-state index < -0.39 is 0 Å². The highest BCUT2D eigenvalue weighted by Crippen LogP contribution is 2.33. The number of imidazole rings is 1. The molecule has 1 aromatic heterocycles. The Morgan fingerprint density at radius 3 is 1.86 bits per heavy atom. The quantitative estimate of drug-likeness (QED) is 0.490. The summed E-state index contributed by atoms with van der Waals surface area (Å²) in [6.45, 7) is 0. The van der Waals surface area contributed by atoms with Crippen molar-refractivity contribution in [2.45, 2.75) is 0 Å². The fraction of sp³-hybridized carbons (Fsp3) is 0.0833. The zero-order valence-electron chi connectivity index (χ0n) is 16.2. The van der Waals surface area contributed by atoms with E-state index in [-0.39, 0.29) is 5.91 Å². The van der Waals surface area contributed by atoms with Crippen LogP contribution in [0.25, 0.3) is 22.5 Å². The first-order valence-electron chi connectivity index (χ1n) is 9.17. The zero-order valence-corrected chi connectivity index (χ0v) is 16.2. The maximum Gasteiger partial charge on any atom is 0.263 e. The highest BCUT2D eigenvalue weighted by Gasteiger charge is 2.20. The normalized spacial score (nSPS) is 10.6. The Kier molecular flexibility index (Phi) is 5.12. The highest BCUT2D eigenvalue weighted by molar-refractivity contribution is 6.00. The summed E-state index contributed by atoms with van der Waals surface area (Å²) in [6, 6.07) is 24.4. The zero-order chi connectivity index (χ0) is 20.2. The summed E-state index contributed by atoms with van der Waals surface area (Å²) >= 11 is 0. The van der Waals surface area contributed by atoms with Crippen LogP contribution in [0.1, 0.15) is 10.4 Å². The van der Waals surface area contributed by atoms with Crippen LogP contribution in [0.15, 0.2) is 85.2 Å². The fourth-order valence-corrected chi connectivity index (χ4v) is 3.21. The average Bonchev–Trinajstić information content (AvgIpc) is 3.24. The number of hydrogen-bond acceptors (Lipinski definition) is 4. The lowest BCUT2D eigenvalue weighted by Crippen LogP contribution is -2.12. The van der Waals surface area contributed by atoms with Crippen molar-refractivity contribution in [1.82, 2.24) is 9.55 Å². The van der Waals surface area contributed by atoms with E-state index in [1.165, 1.54) is 0 Å². The van der Waals surface area contributed by atoms with E-state index in [0.717, 1.165) is 34.0 Å². The smallest absolute Gasteiger partial charge is 0.263 e. The van der Waals surface area contributed by atoms with Crippen molar-refractivity contribution >= 4 is 5.91 Å². The van der Waals surface area contributed by atoms with Gasteiger partial charge in [0.1, 0.15) is 17.8 Å². The molecular weight excluding hydrogens is 364 g/mol. The third kappa shape index (κ3) is 3.62. The van der Waals surface area contributed by atoms with Gasteiger partial charge in [-0.05, 0) is 60.7 Å². The minimum atomic E-state index is -0.135. The first-order chi connectivity index (χ1) is 14.2. The number of carbonyl (C=O) groups excluding carboxylic acids is 1. The molecule has 4 rings (SSSR count). The van der Waals surface area contributed by atoms with Crippen LogP contribution in [-0.4, -0.2) is 29.7 Å². The van der Waals surface area contributed by atoms with Gasteiger partial charge in [-0.1, -0.05) is 18.2 Å². The molecule has 5 nitrogen and oxygen atoms in total. The van der Waals surface area contributed by atoms with Gasteiger partial charge in [0.05, 0.1) is 25.6 Å². The van der Waals surface area contributed by atoms with Gasteiger partial charge < -0.3 is 9.47 Å². The molecule has 4 aromatic rings. The summed E-state index contributed by atoms with van der Waals surface area (Å²) in [5.41, 5.74) is 3.82. The number of benzene rings is 3. The van der Waals surface area contributed by atoms with E-state index >= 15 is 0 Å². The number of rotatable bonds is 5. The molecule has 3 aromatic carbocycles. The molecule has 0 spiro atoms. The van der Waals surface area contributed by atoms with Crippen LogP contribution < -0.4 is 9.47 Å². The Labute approximate surface area is 169 Å². The Hall–Kier alpha value is -3.86. The first-order valence-corrected chi connectivity index (χ1v) is 9.17. The largest absolute Gasteiger partial charge is 0.497 e. The SMILES string of the molecule is COc1ccc(-c2ncn(C(=O)c3ccccc3)c2-c2ccc(OC)cc2)cc1. The van der Waals surface area contributed by atoms with Crippen molar-refractivity contribution in [2.75, 3.05) is 14.2 Å². The van der Waals surface area contributed by atoms with Crippen LogP contribution in [0, 0.1) is 0 Å². The molecule has 0 unspecified atom stereocenters. The van der Waals surface area contributed by atoms with Gasteiger partial charge in [0.2, 0.25) is 0 Å². The monoisotopic (exact) mass is 384 g/mol. The molecule has 29 heavy (non-hydrogen) atoms. The molecule has 1 heterocycles. The van der Waals surface area contributed by atoms with Crippen molar-refractivity contribution in [3.63, 3.8) is 0 Å². The predicted molar refractivity (Wildman–Crippen MR) is 112 cm³/mol. The lowest BCUT2D eigenvalue weighted by Gasteiger charge is -2.11. The van der Waals surface area contributed by atoms with E-state index in [4.69, 9.17) is 9.47 Å². The Morgan fingerprint density at radius 2 is 1.31 bits per heavy atom. The van der Waals surface area contributed by atoms with Gasteiger partial charge in [0, 0.05) is 16.7 Å². The third-order valence-electron chi connectivity index (χ3n) is 4.73. The van der Waals surface area contributed by atoms with Gasteiger partial charge in [-0.25, -0.2) is 4.98 Å². The number of hydrogen-bond donors (Lipinski definition) is 0. The molecule has 5 heteroatoms. The molecule has 0 amide bonds. The highest BCUT2D eigenvalue weighted by atomic mass is 16.5. The minimum Gasteiger partial charge on any atom is -0.497 e. The molecule has 144 valence electrons. The van der Waals surface area contributed by atoms with Crippen molar-refractivity contribution in [2.24, 2.45) is 0 Å². The maximum atomic E-state index is 13.2. The van der Waals surface area contributed by atoms with Gasteiger partial charge in [0.15, 0.2) is 0 Å². The standard InChI is InChI=1S/C24H20N2O3/c1-28-20-12-8-17(9-13-20)22-23(18-10-14-21(29-2)15-11-18)26(16-25-22)24(27)19-6-4-3-5-7-19/h3-16H,1-2H3. The van der Waals surface area contributed by atoms with Gasteiger partial charge in [0.25, 0.3) is 5.91 Å². The predicted octanol–water partition coefficient (Wildman–Crippen LogP) is 4.92. The molecule has 0 aliphatic heterocycles. The van der Waals surface area contributed by atoms with E-state index in [1.807, 2.05) is 66.7 Å². The first kappa shape index (κ1) is 18.5. The van der Waals surface area contributed by atoms with Crippen molar-refractivity contribution in [3.8, 4) is 34.0 Å². The fourth-order valence-electron chi connectivity index (χ4n) is 3.21. The molecule has 0 bridgehead atoms. The van der Waals surface area contributed by atoms with Crippen molar-refractivity contribution in [1.29, 1.82) is 0 Å². The van der Waals surface area contributed by atoms with E-state index in [2.05, 4.69) is 4.98 Å².